The fraction of sp³-hybridized carbons (Fsp3) is 0.171. The zero-order valence-electron chi connectivity index (χ0n) is 26.1. The van der Waals surface area contributed by atoms with Crippen molar-refractivity contribution in [1.29, 1.82) is 0 Å². The first-order valence-electron chi connectivity index (χ1n) is 16.1. The van der Waals surface area contributed by atoms with Crippen LogP contribution in [0.2, 0.25) is 0 Å². The van der Waals surface area contributed by atoms with Crippen molar-refractivity contribution in [2.45, 2.75) is 30.3 Å². The van der Waals surface area contributed by atoms with Crippen LogP contribution in [0.3, 0.4) is 0 Å². The summed E-state index contributed by atoms with van der Waals surface area (Å²) in [6, 6.07) is 51.5. The molecule has 0 radical (unpaired) electrons. The molecule has 1 unspecified atom stereocenters. The predicted octanol–water partition coefficient (Wildman–Crippen LogP) is 8.21. The normalized spacial score (nSPS) is 25.1. The number of hydrogen-bond acceptors (Lipinski definition) is 6. The van der Waals surface area contributed by atoms with Crippen LogP contribution in [-0.2, 0) is 14.4 Å². The smallest absolute Gasteiger partial charge is 0.346 e. The largest absolute Gasteiger partial charge is 0.422 e. The van der Waals surface area contributed by atoms with Crippen molar-refractivity contribution in [2.75, 3.05) is 13.1 Å². The van der Waals surface area contributed by atoms with Crippen LogP contribution in [0.25, 0.3) is 6.08 Å². The molecule has 0 bridgehead atoms. The lowest BCUT2D eigenvalue weighted by molar-refractivity contribution is -0.279. The Morgan fingerprint density at radius 1 is 0.681 bits per heavy atom. The number of fused-ring (bicyclic) bond motifs is 1. The molecular formula is C41H35N3O3. The minimum atomic E-state index is -1.43. The maximum atomic E-state index is 7.10. The molecule has 3 aliphatic rings. The van der Waals surface area contributed by atoms with Gasteiger partial charge in [-0.2, -0.15) is 0 Å². The first-order valence-corrected chi connectivity index (χ1v) is 16.1. The summed E-state index contributed by atoms with van der Waals surface area (Å²) in [5, 5.41) is 9.57. The number of rotatable bonds is 6. The summed E-state index contributed by atoms with van der Waals surface area (Å²) in [5.41, 5.74) is 5.68. The molecule has 5 aromatic carbocycles. The molecule has 4 atom stereocenters. The topological polar surface area (TPSA) is 55.7 Å². The summed E-state index contributed by atoms with van der Waals surface area (Å²) in [6.45, 7) is 3.27. The molecule has 5 aromatic rings. The van der Waals surface area contributed by atoms with E-state index in [0.717, 1.165) is 33.5 Å². The highest BCUT2D eigenvalue weighted by Crippen LogP contribution is 2.56. The Morgan fingerprint density at radius 2 is 1.26 bits per heavy atom. The highest BCUT2D eigenvalue weighted by atomic mass is 16.8. The first kappa shape index (κ1) is 29.0. The van der Waals surface area contributed by atoms with Crippen LogP contribution in [0.1, 0.15) is 46.7 Å². The number of oxime groups is 2. The molecule has 232 valence electrons. The average molecular weight is 618 g/mol. The van der Waals surface area contributed by atoms with Crippen LogP contribution in [0.4, 0.5) is 0 Å². The van der Waals surface area contributed by atoms with Crippen LogP contribution < -0.4 is 0 Å². The second kappa shape index (κ2) is 12.0. The van der Waals surface area contributed by atoms with Crippen molar-refractivity contribution in [2.24, 2.45) is 10.3 Å². The molecule has 0 amide bonds. The van der Waals surface area contributed by atoms with Gasteiger partial charge < -0.3 is 14.4 Å². The molecule has 3 aliphatic heterocycles. The number of benzene rings is 5. The molecule has 0 aromatic heterocycles. The SMILES string of the molecule is C[C@H](c1ccccc1)N1C/C(=C/c2ccccc2)[C@]2(ON=C(c3ccccc3)O2)C2(C1)ON=C(c1ccccc1)[C@H]2c1ccccc1. The number of ether oxygens (including phenoxy) is 1. The van der Waals surface area contributed by atoms with Crippen LogP contribution in [0, 0.1) is 0 Å². The quantitative estimate of drug-likeness (QED) is 0.193. The zero-order chi connectivity index (χ0) is 31.7. The summed E-state index contributed by atoms with van der Waals surface area (Å²) >= 11 is 0. The third-order valence-electron chi connectivity index (χ3n) is 9.53. The van der Waals surface area contributed by atoms with E-state index in [1.165, 1.54) is 5.56 Å². The minimum absolute atomic E-state index is 0.0568. The van der Waals surface area contributed by atoms with Crippen molar-refractivity contribution >= 4 is 17.7 Å². The lowest BCUT2D eigenvalue weighted by Crippen LogP contribution is -2.69. The van der Waals surface area contributed by atoms with E-state index in [-0.39, 0.29) is 12.0 Å². The number of likely N-dealkylation sites (tertiary alicyclic amines) is 1. The van der Waals surface area contributed by atoms with E-state index in [1.54, 1.807) is 0 Å². The van der Waals surface area contributed by atoms with Crippen molar-refractivity contribution in [3.8, 4) is 0 Å². The average Bonchev–Trinajstić information content (AvgIpc) is 3.76. The third kappa shape index (κ3) is 5.02. The van der Waals surface area contributed by atoms with Crippen molar-refractivity contribution in [3.05, 3.63) is 185 Å². The van der Waals surface area contributed by atoms with Gasteiger partial charge in [0.05, 0.1) is 18.2 Å². The summed E-state index contributed by atoms with van der Waals surface area (Å²) in [6.07, 6.45) is 2.17. The Labute approximate surface area is 275 Å². The monoisotopic (exact) mass is 617 g/mol. The Morgan fingerprint density at radius 3 is 1.91 bits per heavy atom. The summed E-state index contributed by atoms with van der Waals surface area (Å²) in [7, 11) is 0. The van der Waals surface area contributed by atoms with E-state index in [9.17, 15) is 0 Å². The summed E-state index contributed by atoms with van der Waals surface area (Å²) < 4.78 is 7.10. The fourth-order valence-corrected chi connectivity index (χ4v) is 7.15. The van der Waals surface area contributed by atoms with Gasteiger partial charge in [-0.05, 0) is 47.0 Å². The Kier molecular flexibility index (Phi) is 7.43. The Bertz CT molecular complexity index is 1930. The van der Waals surface area contributed by atoms with Crippen molar-refractivity contribution < 1.29 is 14.4 Å². The minimum Gasteiger partial charge on any atom is -0.422 e. The van der Waals surface area contributed by atoms with Gasteiger partial charge >= 0.3 is 5.79 Å². The molecule has 0 saturated carbocycles. The van der Waals surface area contributed by atoms with E-state index >= 15 is 0 Å². The van der Waals surface area contributed by atoms with Crippen LogP contribution in [0.5, 0.6) is 0 Å². The van der Waals surface area contributed by atoms with E-state index in [2.05, 4.69) is 102 Å². The summed E-state index contributed by atoms with van der Waals surface area (Å²) in [5.74, 6) is -1.37. The predicted molar refractivity (Wildman–Crippen MR) is 185 cm³/mol. The van der Waals surface area contributed by atoms with Gasteiger partial charge in [-0.3, -0.25) is 4.90 Å². The zero-order valence-corrected chi connectivity index (χ0v) is 26.1. The van der Waals surface area contributed by atoms with Gasteiger partial charge in [0.15, 0.2) is 0 Å². The Balaban J connectivity index is 1.35. The van der Waals surface area contributed by atoms with Crippen molar-refractivity contribution in [3.63, 3.8) is 0 Å². The van der Waals surface area contributed by atoms with Gasteiger partial charge in [0.2, 0.25) is 5.60 Å². The molecule has 1 saturated heterocycles. The standard InChI is InChI=1S/C41H35N3O3/c1-30(32-19-9-3-10-20-32)44-28-36(27-31-17-7-2-8-18-31)41(45-39(43-47-41)35-25-15-6-16-26-35)40(29-44)37(33-21-11-4-12-22-33)38(42-46-40)34-23-13-5-14-24-34/h2-27,30,37H,28-29H2,1H3/b36-27-/t30-,37-,40?,41+/m1/s1. The molecule has 6 heteroatoms. The highest BCUT2D eigenvalue weighted by Gasteiger charge is 2.74. The van der Waals surface area contributed by atoms with Gasteiger partial charge in [-0.15, -0.1) is 0 Å². The van der Waals surface area contributed by atoms with Gasteiger partial charge in [0.1, 0.15) is 0 Å². The molecule has 6 nitrogen and oxygen atoms in total. The molecule has 1 fully saturated rings. The van der Waals surface area contributed by atoms with E-state index in [1.807, 2.05) is 72.8 Å². The number of hydrogen-bond donors (Lipinski definition) is 0. The van der Waals surface area contributed by atoms with E-state index < -0.39 is 11.4 Å². The summed E-state index contributed by atoms with van der Waals surface area (Å²) in [4.78, 5) is 16.1. The molecule has 47 heavy (non-hydrogen) atoms. The molecular weight excluding hydrogens is 582 g/mol. The molecule has 8 rings (SSSR count). The maximum absolute atomic E-state index is 7.10. The second-order valence-electron chi connectivity index (χ2n) is 12.3. The number of nitrogens with zero attached hydrogens (tertiary/aromatic N) is 3. The molecule has 3 heterocycles. The first-order chi connectivity index (χ1) is 23.2. The van der Waals surface area contributed by atoms with Crippen molar-refractivity contribution in [1.82, 2.24) is 4.90 Å². The fourth-order valence-electron chi connectivity index (χ4n) is 7.15. The highest BCUT2D eigenvalue weighted by molar-refractivity contribution is 6.07. The van der Waals surface area contributed by atoms with Crippen LogP contribution in [0.15, 0.2) is 168 Å². The van der Waals surface area contributed by atoms with Gasteiger partial charge in [0, 0.05) is 29.3 Å². The van der Waals surface area contributed by atoms with Gasteiger partial charge in [-0.1, -0.05) is 145 Å². The van der Waals surface area contributed by atoms with Crippen LogP contribution >= 0.6 is 0 Å². The lowest BCUT2D eigenvalue weighted by atomic mass is 9.68. The van der Waals surface area contributed by atoms with Crippen LogP contribution in [-0.4, -0.2) is 41.0 Å². The third-order valence-corrected chi connectivity index (χ3v) is 9.53. The lowest BCUT2D eigenvalue weighted by Gasteiger charge is -2.52. The molecule has 0 aliphatic carbocycles. The maximum Gasteiger partial charge on any atom is 0.346 e. The van der Waals surface area contributed by atoms with Gasteiger partial charge in [0.25, 0.3) is 5.90 Å². The Hall–Kier alpha value is -5.46. The molecule has 2 spiro atoms. The second-order valence-corrected chi connectivity index (χ2v) is 12.3. The van der Waals surface area contributed by atoms with E-state index in [4.69, 9.17) is 19.6 Å². The molecule has 0 N–H and O–H groups in total. The van der Waals surface area contributed by atoms with E-state index in [0.29, 0.717) is 19.0 Å². The van der Waals surface area contributed by atoms with Gasteiger partial charge in [-0.25, -0.2) is 0 Å². The number of piperidine rings is 1.